The third-order valence-corrected chi connectivity index (χ3v) is 6.16. The van der Waals surface area contributed by atoms with Gasteiger partial charge in [-0.05, 0) is 42.5 Å². The number of para-hydroxylation sites is 1. The average molecular weight is 377 g/mol. The molecule has 5 nitrogen and oxygen atoms in total. The number of nitrogens with one attached hydrogen (secondary N) is 1. The van der Waals surface area contributed by atoms with E-state index in [1.54, 1.807) is 6.26 Å². The van der Waals surface area contributed by atoms with Gasteiger partial charge in [-0.1, -0.05) is 18.2 Å². The van der Waals surface area contributed by atoms with E-state index in [2.05, 4.69) is 40.4 Å². The molecule has 0 bridgehead atoms. The van der Waals surface area contributed by atoms with Crippen molar-refractivity contribution in [1.82, 2.24) is 14.9 Å². The van der Waals surface area contributed by atoms with Crippen molar-refractivity contribution in [2.24, 2.45) is 0 Å². The van der Waals surface area contributed by atoms with Crippen LogP contribution in [0.25, 0.3) is 21.7 Å². The summed E-state index contributed by atoms with van der Waals surface area (Å²) >= 11 is 1.44. The van der Waals surface area contributed by atoms with E-state index in [9.17, 15) is 4.79 Å². The first-order valence-electron chi connectivity index (χ1n) is 9.14. The third-order valence-electron chi connectivity index (χ3n) is 5.30. The van der Waals surface area contributed by atoms with Gasteiger partial charge in [0.25, 0.3) is 5.91 Å². The summed E-state index contributed by atoms with van der Waals surface area (Å²) in [5, 5.41) is 3.87. The minimum atomic E-state index is 0.0152. The zero-order chi connectivity index (χ0) is 18.2. The molecule has 1 aliphatic heterocycles. The number of nitrogens with zero attached hydrogens (tertiary/aromatic N) is 2. The summed E-state index contributed by atoms with van der Waals surface area (Å²) in [6.07, 6.45) is 5.70. The van der Waals surface area contributed by atoms with Crippen molar-refractivity contribution in [2.75, 3.05) is 13.1 Å². The first-order chi connectivity index (χ1) is 13.3. The summed E-state index contributed by atoms with van der Waals surface area (Å²) in [7, 11) is 0. The summed E-state index contributed by atoms with van der Waals surface area (Å²) < 4.78 is 5.37. The standard InChI is InChI=1S/C21H19N3O2S/c25-21(18-13-27-20(23-18)19-6-3-11-26-19)24-9-7-14(8-10-24)16-12-22-17-5-2-1-4-15(16)17/h1-6,11-14,22H,7-10H2. The van der Waals surface area contributed by atoms with Crippen molar-refractivity contribution < 1.29 is 9.21 Å². The number of hydrogen-bond donors (Lipinski definition) is 1. The maximum Gasteiger partial charge on any atom is 0.273 e. The normalized spacial score (nSPS) is 15.5. The number of rotatable bonds is 3. The van der Waals surface area contributed by atoms with E-state index in [1.165, 1.54) is 27.8 Å². The van der Waals surface area contributed by atoms with Gasteiger partial charge in [-0.15, -0.1) is 11.3 Å². The van der Waals surface area contributed by atoms with E-state index >= 15 is 0 Å². The Labute approximate surface area is 160 Å². The van der Waals surface area contributed by atoms with E-state index in [0.29, 0.717) is 17.4 Å². The lowest BCUT2D eigenvalue weighted by Gasteiger charge is -2.31. The lowest BCUT2D eigenvalue weighted by molar-refractivity contribution is 0.0708. The van der Waals surface area contributed by atoms with Crippen LogP contribution in [0.4, 0.5) is 0 Å². The lowest BCUT2D eigenvalue weighted by Crippen LogP contribution is -2.38. The molecule has 0 spiro atoms. The molecule has 0 atom stereocenters. The van der Waals surface area contributed by atoms with Crippen molar-refractivity contribution in [2.45, 2.75) is 18.8 Å². The Morgan fingerprint density at radius 1 is 1.19 bits per heavy atom. The van der Waals surface area contributed by atoms with Crippen LogP contribution in [0.15, 0.2) is 58.7 Å². The Morgan fingerprint density at radius 3 is 2.85 bits per heavy atom. The van der Waals surface area contributed by atoms with E-state index in [4.69, 9.17) is 4.42 Å². The molecule has 1 aromatic carbocycles. The molecule has 0 radical (unpaired) electrons. The molecule has 4 heterocycles. The van der Waals surface area contributed by atoms with Gasteiger partial charge < -0.3 is 14.3 Å². The Balaban J connectivity index is 1.28. The van der Waals surface area contributed by atoms with Crippen molar-refractivity contribution in [1.29, 1.82) is 0 Å². The van der Waals surface area contributed by atoms with Crippen molar-refractivity contribution >= 4 is 28.1 Å². The highest BCUT2D eigenvalue weighted by molar-refractivity contribution is 7.13. The van der Waals surface area contributed by atoms with Gasteiger partial charge in [0.05, 0.1) is 6.26 Å². The molecule has 4 aromatic rings. The second-order valence-electron chi connectivity index (χ2n) is 6.87. The predicted octanol–water partition coefficient (Wildman–Crippen LogP) is 4.90. The van der Waals surface area contributed by atoms with Crippen LogP contribution in [0.5, 0.6) is 0 Å². The number of piperidine rings is 1. The lowest BCUT2D eigenvalue weighted by atomic mass is 9.89. The summed E-state index contributed by atoms with van der Waals surface area (Å²) in [5.41, 5.74) is 3.06. The zero-order valence-electron chi connectivity index (χ0n) is 14.7. The van der Waals surface area contributed by atoms with Gasteiger partial charge in [0.1, 0.15) is 5.69 Å². The molecule has 3 aromatic heterocycles. The minimum absolute atomic E-state index is 0.0152. The number of aromatic amines is 1. The van der Waals surface area contributed by atoms with Gasteiger partial charge in [0, 0.05) is 35.6 Å². The van der Waals surface area contributed by atoms with Crippen LogP contribution >= 0.6 is 11.3 Å². The number of hydrogen-bond acceptors (Lipinski definition) is 4. The first-order valence-corrected chi connectivity index (χ1v) is 10.0. The summed E-state index contributed by atoms with van der Waals surface area (Å²) in [6, 6.07) is 12.1. The largest absolute Gasteiger partial charge is 0.462 e. The van der Waals surface area contributed by atoms with Gasteiger partial charge in [-0.25, -0.2) is 4.98 Å². The second-order valence-corrected chi connectivity index (χ2v) is 7.73. The number of furan rings is 1. The van der Waals surface area contributed by atoms with Crippen molar-refractivity contribution in [3.05, 3.63) is 65.5 Å². The molecule has 6 heteroatoms. The van der Waals surface area contributed by atoms with E-state index < -0.39 is 0 Å². The van der Waals surface area contributed by atoms with Crippen LogP contribution in [0.2, 0.25) is 0 Å². The van der Waals surface area contributed by atoms with Crippen LogP contribution in [0.3, 0.4) is 0 Å². The maximum atomic E-state index is 12.8. The molecule has 0 aliphatic carbocycles. The maximum absolute atomic E-state index is 12.8. The molecule has 0 unspecified atom stereocenters. The Bertz CT molecular complexity index is 1070. The number of fused-ring (bicyclic) bond motifs is 1. The second kappa shape index (κ2) is 6.70. The topological polar surface area (TPSA) is 62.1 Å². The van der Waals surface area contributed by atoms with Gasteiger partial charge in [0.2, 0.25) is 0 Å². The Morgan fingerprint density at radius 2 is 2.04 bits per heavy atom. The number of amides is 1. The average Bonchev–Trinajstić information content (AvgIpc) is 3.47. The number of likely N-dealkylation sites (tertiary alicyclic amines) is 1. The fraction of sp³-hybridized carbons (Fsp3) is 0.238. The number of benzene rings is 1. The van der Waals surface area contributed by atoms with Gasteiger partial charge in [-0.3, -0.25) is 4.79 Å². The fourth-order valence-electron chi connectivity index (χ4n) is 3.87. The van der Waals surface area contributed by atoms with Crippen molar-refractivity contribution in [3.63, 3.8) is 0 Å². The highest BCUT2D eigenvalue weighted by atomic mass is 32.1. The van der Waals surface area contributed by atoms with Crippen molar-refractivity contribution in [3.8, 4) is 10.8 Å². The highest BCUT2D eigenvalue weighted by Gasteiger charge is 2.27. The van der Waals surface area contributed by atoms with Crippen LogP contribution in [0.1, 0.15) is 34.8 Å². The summed E-state index contributed by atoms with van der Waals surface area (Å²) in [5.74, 6) is 1.21. The molecule has 1 fully saturated rings. The molecule has 1 N–H and O–H groups in total. The van der Waals surface area contributed by atoms with Gasteiger partial charge in [-0.2, -0.15) is 0 Å². The SMILES string of the molecule is O=C(c1csc(-c2ccco2)n1)N1CCC(c2c[nH]c3ccccc23)CC1. The predicted molar refractivity (Wildman–Crippen MR) is 106 cm³/mol. The number of H-pyrrole nitrogens is 1. The summed E-state index contributed by atoms with van der Waals surface area (Å²) in [4.78, 5) is 22.6. The van der Waals surface area contributed by atoms with E-state index in [-0.39, 0.29) is 5.91 Å². The summed E-state index contributed by atoms with van der Waals surface area (Å²) in [6.45, 7) is 1.52. The number of thiazole rings is 1. The van der Waals surface area contributed by atoms with Gasteiger partial charge >= 0.3 is 0 Å². The van der Waals surface area contributed by atoms with Crippen LogP contribution < -0.4 is 0 Å². The highest BCUT2D eigenvalue weighted by Crippen LogP contribution is 2.33. The minimum Gasteiger partial charge on any atom is -0.462 e. The zero-order valence-corrected chi connectivity index (χ0v) is 15.5. The molecule has 27 heavy (non-hydrogen) atoms. The number of aromatic nitrogens is 2. The van der Waals surface area contributed by atoms with Gasteiger partial charge in [0.15, 0.2) is 10.8 Å². The Kier molecular flexibility index (Phi) is 4.05. The molecule has 136 valence electrons. The first kappa shape index (κ1) is 16.3. The molecular weight excluding hydrogens is 358 g/mol. The number of carbonyl (C=O) groups is 1. The molecule has 5 rings (SSSR count). The molecule has 0 saturated carbocycles. The Hall–Kier alpha value is -2.86. The third kappa shape index (κ3) is 2.96. The van der Waals surface area contributed by atoms with E-state index in [1.807, 2.05) is 22.4 Å². The molecule has 1 saturated heterocycles. The molecule has 1 amide bonds. The fourth-order valence-corrected chi connectivity index (χ4v) is 4.63. The van der Waals surface area contributed by atoms with Crippen LogP contribution in [0, 0.1) is 0 Å². The smallest absolute Gasteiger partial charge is 0.273 e. The number of carbonyl (C=O) groups excluding carboxylic acids is 1. The quantitative estimate of drug-likeness (QED) is 0.552. The van der Waals surface area contributed by atoms with E-state index in [0.717, 1.165) is 30.9 Å². The monoisotopic (exact) mass is 377 g/mol. The van der Waals surface area contributed by atoms with Crippen LogP contribution in [-0.2, 0) is 0 Å². The molecular formula is C21H19N3O2S. The van der Waals surface area contributed by atoms with Crippen LogP contribution in [-0.4, -0.2) is 33.9 Å². The molecule has 1 aliphatic rings.